The van der Waals surface area contributed by atoms with Gasteiger partial charge >= 0.3 is 0 Å². The lowest BCUT2D eigenvalue weighted by molar-refractivity contribution is -0.143. The zero-order chi connectivity index (χ0) is 58.7. The van der Waals surface area contributed by atoms with Gasteiger partial charge in [-0.25, -0.2) is 15.0 Å². The molecule has 6 aromatic rings. The van der Waals surface area contributed by atoms with E-state index in [9.17, 15) is 14.7 Å². The molecule has 0 radical (unpaired) electrons. The predicted octanol–water partition coefficient (Wildman–Crippen LogP) is 7.70. The summed E-state index contributed by atoms with van der Waals surface area (Å²) in [5.74, 6) is 1.51. The van der Waals surface area contributed by atoms with Crippen LogP contribution >= 0.6 is 11.3 Å². The van der Waals surface area contributed by atoms with E-state index in [1.165, 1.54) is 0 Å². The van der Waals surface area contributed by atoms with Gasteiger partial charge < -0.3 is 44.5 Å². The number of aliphatic hydroxyl groups excluding tert-OH is 1. The van der Waals surface area contributed by atoms with E-state index in [0.29, 0.717) is 57.9 Å². The van der Waals surface area contributed by atoms with Gasteiger partial charge in [-0.3, -0.25) is 29.2 Å². The molecule has 0 spiro atoms. The molecule has 0 saturated carbocycles. The van der Waals surface area contributed by atoms with E-state index >= 15 is 0 Å². The highest BCUT2D eigenvalue weighted by Gasteiger charge is 2.45. The third-order valence-corrected chi connectivity index (χ3v) is 17.9. The minimum atomic E-state index is -0.805. The van der Waals surface area contributed by atoms with Crippen LogP contribution in [0.4, 0.5) is 11.6 Å². The number of fused-ring (bicyclic) bond motifs is 8. The Morgan fingerprint density at radius 3 is 2.19 bits per heavy atom. The molecule has 2 amide bonds. The van der Waals surface area contributed by atoms with Crippen molar-refractivity contribution < 1.29 is 33.6 Å². The second-order valence-corrected chi connectivity index (χ2v) is 24.0. The number of aryl methyl sites for hydroxylation is 1. The number of nitrogens with one attached hydrogen (secondary N) is 2. The molecule has 6 bridgehead atoms. The maximum absolute atomic E-state index is 14.5. The average Bonchev–Trinajstić information content (AvgIpc) is 4.07. The minimum absolute atomic E-state index is 0.0566. The number of piperazine rings is 2. The third kappa shape index (κ3) is 15.1. The van der Waals surface area contributed by atoms with Gasteiger partial charge in [0.15, 0.2) is 0 Å². The Morgan fingerprint density at radius 2 is 1.48 bits per heavy atom. The third-order valence-electron chi connectivity index (χ3n) is 16.9. The Labute approximate surface area is 504 Å². The summed E-state index contributed by atoms with van der Waals surface area (Å²) in [6.45, 7) is 26.0. The van der Waals surface area contributed by atoms with Crippen molar-refractivity contribution in [1.29, 1.82) is 0 Å². The molecular weight excluding hydrogens is 1090 g/mol. The molecule has 7 heterocycles. The molecule has 0 aliphatic carbocycles. The fraction of sp³-hybridized carbons (Fsp3) is 0.439. The van der Waals surface area contributed by atoms with Crippen molar-refractivity contribution in [2.24, 2.45) is 5.92 Å². The number of anilines is 2. The van der Waals surface area contributed by atoms with Crippen LogP contribution in [0.25, 0.3) is 27.4 Å². The number of aromatic nitrogens is 3. The first-order valence-electron chi connectivity index (χ1n) is 30.1. The van der Waals surface area contributed by atoms with Gasteiger partial charge in [0, 0.05) is 144 Å². The maximum atomic E-state index is 14.5. The summed E-state index contributed by atoms with van der Waals surface area (Å²) in [7, 11) is 0. The molecule has 3 fully saturated rings. The predicted molar refractivity (Wildman–Crippen MR) is 332 cm³/mol. The van der Waals surface area contributed by atoms with Gasteiger partial charge in [0.25, 0.3) is 0 Å². The number of hydrogen-bond donors (Lipinski definition) is 3. The number of amides is 2. The van der Waals surface area contributed by atoms with Gasteiger partial charge in [0.05, 0.1) is 54.3 Å². The van der Waals surface area contributed by atoms with Gasteiger partial charge in [-0.05, 0) is 65.9 Å². The first kappa shape index (κ1) is 59.7. The molecule has 4 aromatic carbocycles. The van der Waals surface area contributed by atoms with E-state index in [4.69, 9.17) is 23.9 Å². The van der Waals surface area contributed by atoms with Crippen molar-refractivity contribution in [3.05, 3.63) is 155 Å². The molecule has 3 atom stereocenters. The van der Waals surface area contributed by atoms with E-state index in [2.05, 4.69) is 94.1 Å². The highest BCUT2D eigenvalue weighted by atomic mass is 32.1. The van der Waals surface area contributed by atoms with Crippen molar-refractivity contribution in [2.45, 2.75) is 71.7 Å². The van der Waals surface area contributed by atoms with Crippen molar-refractivity contribution in [1.82, 2.24) is 49.7 Å². The summed E-state index contributed by atoms with van der Waals surface area (Å²) in [6.07, 6.45) is 5.14. The topological polar surface area (TPSA) is 173 Å². The Kier molecular flexibility index (Phi) is 19.9. The normalized spacial score (nSPS) is 19.9. The molecule has 5 aliphatic heterocycles. The van der Waals surface area contributed by atoms with Crippen LogP contribution in [-0.2, 0) is 45.4 Å². The van der Waals surface area contributed by atoms with E-state index in [0.717, 1.165) is 151 Å². The van der Waals surface area contributed by atoms with Crippen LogP contribution in [0, 0.1) is 12.8 Å². The lowest BCUT2D eigenvalue weighted by Gasteiger charge is -2.38. The fourth-order valence-electron chi connectivity index (χ4n) is 12.1. The number of aliphatic hydroxyl groups is 1. The Morgan fingerprint density at radius 1 is 0.776 bits per heavy atom. The Hall–Kier alpha value is -7.07. The van der Waals surface area contributed by atoms with Crippen LogP contribution in [0.3, 0.4) is 0 Å². The molecule has 85 heavy (non-hydrogen) atoms. The molecule has 2 aromatic heterocycles. The average molecular weight is 1170 g/mol. The molecule has 11 rings (SSSR count). The van der Waals surface area contributed by atoms with Crippen LogP contribution in [0.15, 0.2) is 121 Å². The van der Waals surface area contributed by atoms with Gasteiger partial charge in [-0.1, -0.05) is 87.2 Å². The number of benzene rings is 4. The number of carbonyl (C=O) groups excluding carboxylic acids is 2. The molecule has 19 heteroatoms. The SMILES string of the molecule is C=C1c2ccccc2CN1[C@H](C(=O)N1C[C@H](O)C[C@H]1C(=O)NCc1ccc(-c2scnc2C)cc1OCCN1CCN(CCN2CCN(CCOc3ccc4cc3COC/C=C/COCc3cccc(c3)-c3ccnc(n3)N4)CC2)CC1)C(C)C. The van der Waals surface area contributed by atoms with Crippen LogP contribution < -0.4 is 20.1 Å². The van der Waals surface area contributed by atoms with Gasteiger partial charge in [-0.15, -0.1) is 11.3 Å². The van der Waals surface area contributed by atoms with E-state index < -0.39 is 18.2 Å². The number of likely N-dealkylation sites (tertiary alicyclic amines) is 1. The molecule has 0 unspecified atom stereocenters. The van der Waals surface area contributed by atoms with Crippen molar-refractivity contribution >= 4 is 40.5 Å². The first-order chi connectivity index (χ1) is 41.5. The minimum Gasteiger partial charge on any atom is -0.492 e. The molecule has 5 aliphatic rings. The summed E-state index contributed by atoms with van der Waals surface area (Å²) in [5, 5.41) is 17.4. The standard InChI is InChI=1S/C66H81N11O7S/c1-46(2)62(76-41-53-11-5-6-13-57(53)48(76)4)65(80)77-42-56(78)39-59(77)64(79)68-40-52-15-14-51(63-47(3)69-45-85-63)38-61(52)84-35-31-75-28-24-73(25-29-75)21-20-72-22-26-74(27-23-72)30-34-83-60-17-16-55-37-54(60)44-82-33-8-7-32-81-43-49-10-9-12-50(36-49)58-18-19-67-66(70-55)71-58/h5-19,36-38,45-46,56,59,62,78H,4,20-35,39-44H2,1-3H3,(H,68,79)(H,67,70,71)/b8-7+/t56-,59+,62+/m1/s1. The van der Waals surface area contributed by atoms with Crippen molar-refractivity contribution in [3.8, 4) is 33.2 Å². The Bertz CT molecular complexity index is 3290. The largest absolute Gasteiger partial charge is 0.492 e. The van der Waals surface area contributed by atoms with Crippen LogP contribution in [0.5, 0.6) is 11.5 Å². The van der Waals surface area contributed by atoms with Crippen LogP contribution in [0.1, 0.15) is 53.8 Å². The highest BCUT2D eigenvalue weighted by Crippen LogP contribution is 2.37. The number of rotatable bonds is 18. The van der Waals surface area contributed by atoms with E-state index in [-0.39, 0.29) is 37.2 Å². The number of ether oxygens (including phenoxy) is 4. The molecule has 3 saturated heterocycles. The lowest BCUT2D eigenvalue weighted by Crippen LogP contribution is -2.54. The molecule has 3 N–H and O–H groups in total. The second-order valence-electron chi connectivity index (χ2n) is 23.1. The summed E-state index contributed by atoms with van der Waals surface area (Å²) in [6, 6.07) is 29.1. The summed E-state index contributed by atoms with van der Waals surface area (Å²) in [4.78, 5) is 57.3. The maximum Gasteiger partial charge on any atom is 0.246 e. The zero-order valence-corrected chi connectivity index (χ0v) is 50.2. The lowest BCUT2D eigenvalue weighted by atomic mass is 10.00. The zero-order valence-electron chi connectivity index (χ0n) is 49.4. The van der Waals surface area contributed by atoms with Gasteiger partial charge in [0.2, 0.25) is 17.8 Å². The van der Waals surface area contributed by atoms with Gasteiger partial charge in [-0.2, -0.15) is 0 Å². The number of carbonyl (C=O) groups is 2. The number of thiazole rings is 1. The fourth-order valence-corrected chi connectivity index (χ4v) is 12.9. The quantitative estimate of drug-likeness (QED) is 0.0714. The molecule has 18 nitrogen and oxygen atoms in total. The molecule has 448 valence electrons. The summed E-state index contributed by atoms with van der Waals surface area (Å²) < 4.78 is 25.1. The van der Waals surface area contributed by atoms with E-state index in [1.807, 2.05) is 87.0 Å². The first-order valence-corrected chi connectivity index (χ1v) is 31.0. The summed E-state index contributed by atoms with van der Waals surface area (Å²) >= 11 is 1.59. The number of nitrogens with zero attached hydrogens (tertiary/aromatic N) is 9. The monoisotopic (exact) mass is 1170 g/mol. The van der Waals surface area contributed by atoms with Crippen LogP contribution in [0.2, 0.25) is 0 Å². The van der Waals surface area contributed by atoms with Crippen molar-refractivity contribution in [2.75, 3.05) is 117 Å². The Balaban J connectivity index is 0.617. The number of hydrogen-bond acceptors (Lipinski definition) is 17. The summed E-state index contributed by atoms with van der Waals surface area (Å²) in [5.41, 5.74) is 12.4. The second kappa shape index (κ2) is 28.4. The van der Waals surface area contributed by atoms with Crippen LogP contribution in [-0.4, -0.2) is 191 Å². The van der Waals surface area contributed by atoms with E-state index in [1.54, 1.807) is 22.4 Å². The highest BCUT2D eigenvalue weighted by molar-refractivity contribution is 7.13. The smallest absolute Gasteiger partial charge is 0.246 e. The molecular formula is C66H81N11O7S. The number of β-amino-alcohol motifs (C(OH)–C–C–N with tert-alkyl or cyclic N) is 1. The van der Waals surface area contributed by atoms with Gasteiger partial charge in [0.1, 0.15) is 36.8 Å². The van der Waals surface area contributed by atoms with Crippen molar-refractivity contribution in [3.63, 3.8) is 0 Å².